The van der Waals surface area contributed by atoms with Crippen LogP contribution in [0.15, 0.2) is 11.6 Å². The van der Waals surface area contributed by atoms with Gasteiger partial charge in [-0.25, -0.2) is 14.8 Å². The zero-order chi connectivity index (χ0) is 15.9. The SMILES string of the molecule is CCc1nc(CCNC(=O)N[C@@H](CC)c2nccs2)sc1C. The molecule has 5 nitrogen and oxygen atoms in total. The molecule has 2 amide bonds. The summed E-state index contributed by atoms with van der Waals surface area (Å²) in [6.45, 7) is 6.84. The van der Waals surface area contributed by atoms with Crippen molar-refractivity contribution >= 4 is 28.7 Å². The summed E-state index contributed by atoms with van der Waals surface area (Å²) < 4.78 is 0. The van der Waals surface area contributed by atoms with Crippen LogP contribution < -0.4 is 10.6 Å². The Hall–Kier alpha value is -1.47. The highest BCUT2D eigenvalue weighted by Crippen LogP contribution is 2.19. The van der Waals surface area contributed by atoms with Gasteiger partial charge in [0.1, 0.15) is 5.01 Å². The van der Waals surface area contributed by atoms with Gasteiger partial charge < -0.3 is 10.6 Å². The summed E-state index contributed by atoms with van der Waals surface area (Å²) in [6, 6.07) is -0.167. The monoisotopic (exact) mass is 338 g/mol. The van der Waals surface area contributed by atoms with Crippen LogP contribution in [0, 0.1) is 6.92 Å². The Balaban J connectivity index is 1.77. The second kappa shape index (κ2) is 8.24. The normalized spacial score (nSPS) is 12.1. The van der Waals surface area contributed by atoms with Crippen LogP contribution in [-0.4, -0.2) is 22.5 Å². The molecule has 120 valence electrons. The number of hydrogen-bond acceptors (Lipinski definition) is 5. The Morgan fingerprint density at radius 3 is 2.82 bits per heavy atom. The maximum absolute atomic E-state index is 12.0. The van der Waals surface area contributed by atoms with Gasteiger partial charge in [-0.05, 0) is 19.8 Å². The molecule has 0 aromatic carbocycles. The van der Waals surface area contributed by atoms with E-state index < -0.39 is 0 Å². The molecule has 0 spiro atoms. The number of nitrogens with zero attached hydrogens (tertiary/aromatic N) is 2. The third-order valence-corrected chi connectivity index (χ3v) is 5.32. The molecule has 1 atom stereocenters. The zero-order valence-corrected chi connectivity index (χ0v) is 14.8. The first-order chi connectivity index (χ1) is 10.6. The van der Waals surface area contributed by atoms with Gasteiger partial charge in [-0.2, -0.15) is 0 Å². The zero-order valence-electron chi connectivity index (χ0n) is 13.2. The molecule has 2 aromatic rings. The number of carbonyl (C=O) groups is 1. The molecular formula is C15H22N4OS2. The molecule has 0 saturated carbocycles. The average Bonchev–Trinajstić information content (AvgIpc) is 3.14. The number of aryl methyl sites for hydroxylation is 2. The fourth-order valence-electron chi connectivity index (χ4n) is 2.16. The minimum atomic E-state index is -0.147. The first-order valence-electron chi connectivity index (χ1n) is 7.53. The van der Waals surface area contributed by atoms with E-state index in [1.165, 1.54) is 10.6 Å². The highest BCUT2D eigenvalue weighted by atomic mass is 32.1. The van der Waals surface area contributed by atoms with Crippen molar-refractivity contribution in [1.29, 1.82) is 0 Å². The van der Waals surface area contributed by atoms with Crippen molar-refractivity contribution in [2.45, 2.75) is 46.1 Å². The van der Waals surface area contributed by atoms with Crippen molar-refractivity contribution in [2.24, 2.45) is 0 Å². The highest BCUT2D eigenvalue weighted by molar-refractivity contribution is 7.11. The number of nitrogens with one attached hydrogen (secondary N) is 2. The second-order valence-electron chi connectivity index (χ2n) is 4.95. The van der Waals surface area contributed by atoms with Crippen LogP contribution in [0.4, 0.5) is 4.79 Å². The number of aromatic nitrogens is 2. The molecule has 0 radical (unpaired) electrons. The lowest BCUT2D eigenvalue weighted by Gasteiger charge is -2.14. The van der Waals surface area contributed by atoms with Crippen molar-refractivity contribution in [1.82, 2.24) is 20.6 Å². The predicted octanol–water partition coefficient (Wildman–Crippen LogP) is 3.46. The molecule has 2 rings (SSSR count). The van der Waals surface area contributed by atoms with Gasteiger partial charge in [0.15, 0.2) is 0 Å². The first kappa shape index (κ1) is 16.9. The van der Waals surface area contributed by atoms with Gasteiger partial charge in [-0.1, -0.05) is 13.8 Å². The summed E-state index contributed by atoms with van der Waals surface area (Å²) >= 11 is 3.28. The van der Waals surface area contributed by atoms with E-state index in [-0.39, 0.29) is 12.1 Å². The topological polar surface area (TPSA) is 66.9 Å². The van der Waals surface area contributed by atoms with Crippen LogP contribution in [0.2, 0.25) is 0 Å². The van der Waals surface area contributed by atoms with E-state index in [0.29, 0.717) is 6.54 Å². The third-order valence-electron chi connectivity index (χ3n) is 3.36. The number of carbonyl (C=O) groups excluding carboxylic acids is 1. The molecule has 0 saturated heterocycles. The summed E-state index contributed by atoms with van der Waals surface area (Å²) in [4.78, 5) is 22.1. The fourth-order valence-corrected chi connectivity index (χ4v) is 3.95. The maximum Gasteiger partial charge on any atom is 0.315 e. The van der Waals surface area contributed by atoms with Crippen LogP contribution in [0.5, 0.6) is 0 Å². The van der Waals surface area contributed by atoms with Gasteiger partial charge in [-0.15, -0.1) is 22.7 Å². The van der Waals surface area contributed by atoms with Gasteiger partial charge in [0.25, 0.3) is 0 Å². The van der Waals surface area contributed by atoms with Crippen molar-refractivity contribution in [3.8, 4) is 0 Å². The maximum atomic E-state index is 12.0. The number of urea groups is 1. The molecule has 2 heterocycles. The summed E-state index contributed by atoms with van der Waals surface area (Å²) in [6.07, 6.45) is 4.32. The van der Waals surface area contributed by atoms with Gasteiger partial charge in [-0.3, -0.25) is 0 Å². The number of amides is 2. The van der Waals surface area contributed by atoms with Gasteiger partial charge in [0.2, 0.25) is 0 Å². The predicted molar refractivity (Wildman–Crippen MR) is 91.6 cm³/mol. The van der Waals surface area contributed by atoms with Crippen molar-refractivity contribution < 1.29 is 4.79 Å². The molecule has 2 N–H and O–H groups in total. The second-order valence-corrected chi connectivity index (χ2v) is 7.16. The molecule has 2 aromatic heterocycles. The molecule has 22 heavy (non-hydrogen) atoms. The Morgan fingerprint density at radius 1 is 1.41 bits per heavy atom. The lowest BCUT2D eigenvalue weighted by atomic mass is 10.2. The standard InChI is InChI=1S/C15H22N4OS2/c1-4-11-10(3)22-13(18-11)6-7-17-15(20)19-12(5-2)14-16-8-9-21-14/h8-9,12H,4-7H2,1-3H3,(H2,17,19,20)/t12-/m0/s1. The summed E-state index contributed by atoms with van der Waals surface area (Å²) in [5, 5.41) is 9.82. The Labute approximate surface area is 139 Å². The lowest BCUT2D eigenvalue weighted by Crippen LogP contribution is -2.38. The molecule has 0 aliphatic rings. The molecule has 0 fully saturated rings. The van der Waals surface area contributed by atoms with E-state index >= 15 is 0 Å². The Bertz CT molecular complexity index is 595. The van der Waals surface area contributed by atoms with E-state index in [4.69, 9.17) is 0 Å². The molecule has 0 unspecified atom stereocenters. The smallest absolute Gasteiger partial charge is 0.315 e. The van der Waals surface area contributed by atoms with Crippen molar-refractivity contribution in [2.75, 3.05) is 6.54 Å². The largest absolute Gasteiger partial charge is 0.338 e. The summed E-state index contributed by atoms with van der Waals surface area (Å²) in [7, 11) is 0. The quantitative estimate of drug-likeness (QED) is 0.812. The Morgan fingerprint density at radius 2 is 2.23 bits per heavy atom. The minimum absolute atomic E-state index is 0.0196. The lowest BCUT2D eigenvalue weighted by molar-refractivity contribution is 0.237. The van der Waals surface area contributed by atoms with E-state index in [9.17, 15) is 4.79 Å². The van der Waals surface area contributed by atoms with E-state index in [0.717, 1.165) is 29.3 Å². The molecular weight excluding hydrogens is 316 g/mol. The van der Waals surface area contributed by atoms with Crippen LogP contribution in [0.25, 0.3) is 0 Å². The van der Waals surface area contributed by atoms with Crippen molar-refractivity contribution in [3.63, 3.8) is 0 Å². The molecule has 0 aliphatic carbocycles. The van der Waals surface area contributed by atoms with Gasteiger partial charge in [0.05, 0.1) is 16.7 Å². The minimum Gasteiger partial charge on any atom is -0.338 e. The summed E-state index contributed by atoms with van der Waals surface area (Å²) in [5.41, 5.74) is 1.17. The van der Waals surface area contributed by atoms with Gasteiger partial charge in [0, 0.05) is 29.4 Å². The van der Waals surface area contributed by atoms with E-state index in [1.54, 1.807) is 28.9 Å². The van der Waals surface area contributed by atoms with Crippen molar-refractivity contribution in [3.05, 3.63) is 32.2 Å². The molecule has 0 bridgehead atoms. The first-order valence-corrected chi connectivity index (χ1v) is 9.22. The average molecular weight is 339 g/mol. The van der Waals surface area contributed by atoms with Crippen LogP contribution in [0.3, 0.4) is 0 Å². The number of rotatable bonds is 7. The third kappa shape index (κ3) is 4.51. The van der Waals surface area contributed by atoms with E-state index in [1.807, 2.05) is 12.3 Å². The van der Waals surface area contributed by atoms with Crippen LogP contribution in [0.1, 0.15) is 46.9 Å². The summed E-state index contributed by atoms with van der Waals surface area (Å²) in [5.74, 6) is 0. The van der Waals surface area contributed by atoms with Crippen LogP contribution >= 0.6 is 22.7 Å². The van der Waals surface area contributed by atoms with Gasteiger partial charge >= 0.3 is 6.03 Å². The number of thiazole rings is 2. The van der Waals surface area contributed by atoms with E-state index in [2.05, 4.69) is 34.4 Å². The highest BCUT2D eigenvalue weighted by Gasteiger charge is 2.14. The number of hydrogen-bond donors (Lipinski definition) is 2. The molecule has 0 aliphatic heterocycles. The van der Waals surface area contributed by atoms with Crippen LogP contribution in [-0.2, 0) is 12.8 Å². The fraction of sp³-hybridized carbons (Fsp3) is 0.533. The molecule has 7 heteroatoms. The Kier molecular flexibility index (Phi) is 6.33.